The van der Waals surface area contributed by atoms with E-state index < -0.39 is 0 Å². The number of hydrogen-bond acceptors (Lipinski definition) is 2. The zero-order chi connectivity index (χ0) is 8.13. The highest BCUT2D eigenvalue weighted by molar-refractivity contribution is 5.75. The van der Waals surface area contributed by atoms with Gasteiger partial charge in [-0.2, -0.15) is 0 Å². The highest BCUT2D eigenvalue weighted by Crippen LogP contribution is 2.48. The van der Waals surface area contributed by atoms with Crippen molar-refractivity contribution in [1.29, 1.82) is 0 Å². The Morgan fingerprint density at radius 2 is 2.00 bits per heavy atom. The molecule has 2 saturated carbocycles. The summed E-state index contributed by atoms with van der Waals surface area (Å²) in [6.07, 6.45) is 6.37. The molecule has 3 aliphatic rings. The largest absolute Gasteiger partial charge is 0.462 e. The third kappa shape index (κ3) is 0.782. The van der Waals surface area contributed by atoms with E-state index in [4.69, 9.17) is 4.74 Å². The van der Waals surface area contributed by atoms with Crippen LogP contribution in [-0.2, 0) is 9.53 Å². The summed E-state index contributed by atoms with van der Waals surface area (Å²) in [7, 11) is 0. The molecule has 3 rings (SSSR count). The van der Waals surface area contributed by atoms with Gasteiger partial charge in [-0.05, 0) is 38.0 Å². The first-order valence-corrected chi connectivity index (χ1v) is 5.05. The minimum Gasteiger partial charge on any atom is -0.462 e. The molecule has 1 saturated heterocycles. The molecule has 0 radical (unpaired) electrons. The van der Waals surface area contributed by atoms with Crippen LogP contribution in [0, 0.1) is 17.8 Å². The molecule has 0 amide bonds. The van der Waals surface area contributed by atoms with E-state index in [1.807, 2.05) is 0 Å². The quantitative estimate of drug-likeness (QED) is 0.512. The minimum atomic E-state index is 0.102. The second-order valence-corrected chi connectivity index (χ2v) is 4.50. The van der Waals surface area contributed by atoms with Crippen LogP contribution in [0.4, 0.5) is 0 Å². The van der Waals surface area contributed by atoms with Crippen molar-refractivity contribution in [2.45, 2.75) is 38.2 Å². The van der Waals surface area contributed by atoms with Gasteiger partial charge in [-0.3, -0.25) is 4.79 Å². The Hall–Kier alpha value is -0.530. The molecule has 1 heterocycles. The summed E-state index contributed by atoms with van der Waals surface area (Å²) in [5, 5.41) is 0. The van der Waals surface area contributed by atoms with Gasteiger partial charge in [-0.15, -0.1) is 0 Å². The predicted octanol–water partition coefficient (Wildman–Crippen LogP) is 1.74. The Morgan fingerprint density at radius 1 is 1.17 bits per heavy atom. The summed E-state index contributed by atoms with van der Waals surface area (Å²) in [6, 6.07) is 0. The molecule has 4 atom stereocenters. The number of ether oxygens (including phenoxy) is 1. The second kappa shape index (κ2) is 2.24. The number of fused-ring (bicyclic) bond motifs is 1. The second-order valence-electron chi connectivity index (χ2n) is 4.50. The number of carbonyl (C=O) groups is 1. The van der Waals surface area contributed by atoms with Gasteiger partial charge in [0.15, 0.2) is 0 Å². The normalized spacial score (nSPS) is 50.5. The van der Waals surface area contributed by atoms with E-state index in [1.165, 1.54) is 19.3 Å². The fourth-order valence-corrected chi connectivity index (χ4v) is 3.26. The smallest absolute Gasteiger partial charge is 0.309 e. The first-order chi connectivity index (χ1) is 5.84. The van der Waals surface area contributed by atoms with Gasteiger partial charge in [-0.25, -0.2) is 0 Å². The van der Waals surface area contributed by atoms with E-state index >= 15 is 0 Å². The summed E-state index contributed by atoms with van der Waals surface area (Å²) >= 11 is 0. The Bertz CT molecular complexity index is 224. The van der Waals surface area contributed by atoms with Crippen LogP contribution in [-0.4, -0.2) is 12.1 Å². The lowest BCUT2D eigenvalue weighted by Gasteiger charge is -2.36. The Morgan fingerprint density at radius 3 is 2.92 bits per heavy atom. The van der Waals surface area contributed by atoms with E-state index in [1.54, 1.807) is 0 Å². The van der Waals surface area contributed by atoms with Gasteiger partial charge in [0.25, 0.3) is 0 Å². The van der Waals surface area contributed by atoms with Crippen molar-refractivity contribution in [2.75, 3.05) is 0 Å². The molecule has 0 aromatic heterocycles. The lowest BCUT2D eigenvalue weighted by atomic mass is 9.67. The molecule has 1 aliphatic heterocycles. The highest BCUT2D eigenvalue weighted by atomic mass is 16.6. The number of carbonyl (C=O) groups excluding carboxylic acids is 1. The minimum absolute atomic E-state index is 0.102. The van der Waals surface area contributed by atoms with Crippen LogP contribution in [0.15, 0.2) is 0 Å². The van der Waals surface area contributed by atoms with Crippen LogP contribution in [0.25, 0.3) is 0 Å². The molecule has 0 spiro atoms. The molecule has 0 aromatic rings. The molecular weight excluding hydrogens is 152 g/mol. The molecule has 0 N–H and O–H groups in total. The van der Waals surface area contributed by atoms with Crippen LogP contribution in [0.1, 0.15) is 32.1 Å². The molecule has 4 unspecified atom stereocenters. The van der Waals surface area contributed by atoms with Gasteiger partial charge in [-0.1, -0.05) is 0 Å². The average Bonchev–Trinajstić information content (AvgIpc) is 2.44. The van der Waals surface area contributed by atoms with Crippen LogP contribution in [0.5, 0.6) is 0 Å². The summed E-state index contributed by atoms with van der Waals surface area (Å²) in [4.78, 5) is 11.4. The van der Waals surface area contributed by atoms with E-state index in [0.29, 0.717) is 12.0 Å². The maximum atomic E-state index is 11.4. The molecule has 2 bridgehead atoms. The zero-order valence-corrected chi connectivity index (χ0v) is 7.16. The van der Waals surface area contributed by atoms with Crippen molar-refractivity contribution in [2.24, 2.45) is 17.8 Å². The first-order valence-electron chi connectivity index (χ1n) is 5.05. The third-order valence-corrected chi connectivity index (χ3v) is 3.92. The van der Waals surface area contributed by atoms with Crippen molar-refractivity contribution in [1.82, 2.24) is 0 Å². The van der Waals surface area contributed by atoms with E-state index in [0.717, 1.165) is 18.8 Å². The van der Waals surface area contributed by atoms with Gasteiger partial charge in [0.05, 0.1) is 5.92 Å². The van der Waals surface area contributed by atoms with Gasteiger partial charge in [0.2, 0.25) is 0 Å². The zero-order valence-electron chi connectivity index (χ0n) is 7.16. The molecule has 12 heavy (non-hydrogen) atoms. The van der Waals surface area contributed by atoms with E-state index in [2.05, 4.69) is 0 Å². The van der Waals surface area contributed by atoms with Gasteiger partial charge < -0.3 is 4.74 Å². The topological polar surface area (TPSA) is 26.3 Å². The van der Waals surface area contributed by atoms with Crippen molar-refractivity contribution in [3.05, 3.63) is 0 Å². The highest BCUT2D eigenvalue weighted by Gasteiger charge is 2.49. The summed E-state index contributed by atoms with van der Waals surface area (Å²) < 4.78 is 5.36. The van der Waals surface area contributed by atoms with Crippen molar-refractivity contribution in [3.8, 4) is 0 Å². The molecule has 2 nitrogen and oxygen atoms in total. The van der Waals surface area contributed by atoms with Gasteiger partial charge in [0.1, 0.15) is 6.10 Å². The standard InChI is InChI=1S/C10H14O2/c11-10-7-3-1-6-2-4-9(12-10)8(7)5-6/h6-9H,1-5H2. The number of hydrogen-bond donors (Lipinski definition) is 0. The fourth-order valence-electron chi connectivity index (χ4n) is 3.26. The fraction of sp³-hybridized carbons (Fsp3) is 0.900. The Kier molecular flexibility index (Phi) is 1.29. The summed E-state index contributed by atoms with van der Waals surface area (Å²) in [5.41, 5.74) is 0. The van der Waals surface area contributed by atoms with Crippen LogP contribution < -0.4 is 0 Å². The van der Waals surface area contributed by atoms with E-state index in [9.17, 15) is 4.79 Å². The summed E-state index contributed by atoms with van der Waals surface area (Å²) in [5.74, 6) is 1.90. The van der Waals surface area contributed by atoms with Crippen LogP contribution >= 0.6 is 0 Å². The Labute approximate surface area is 72.3 Å². The maximum absolute atomic E-state index is 11.4. The molecule has 3 fully saturated rings. The average molecular weight is 166 g/mol. The molecule has 66 valence electrons. The maximum Gasteiger partial charge on any atom is 0.309 e. The monoisotopic (exact) mass is 166 g/mol. The van der Waals surface area contributed by atoms with Crippen molar-refractivity contribution in [3.63, 3.8) is 0 Å². The van der Waals surface area contributed by atoms with Gasteiger partial charge >= 0.3 is 5.97 Å². The molecular formula is C10H14O2. The van der Waals surface area contributed by atoms with Crippen molar-refractivity contribution < 1.29 is 9.53 Å². The van der Waals surface area contributed by atoms with Crippen LogP contribution in [0.2, 0.25) is 0 Å². The van der Waals surface area contributed by atoms with Crippen molar-refractivity contribution >= 4 is 5.97 Å². The molecule has 2 heteroatoms. The first kappa shape index (κ1) is 6.93. The molecule has 2 aliphatic carbocycles. The van der Waals surface area contributed by atoms with Crippen LogP contribution in [0.3, 0.4) is 0 Å². The predicted molar refractivity (Wildman–Crippen MR) is 43.4 cm³/mol. The lowest BCUT2D eigenvalue weighted by molar-refractivity contribution is -0.144. The lowest BCUT2D eigenvalue weighted by Crippen LogP contribution is -2.33. The third-order valence-electron chi connectivity index (χ3n) is 3.92. The Balaban J connectivity index is 1.92. The number of rotatable bonds is 0. The SMILES string of the molecule is O=C1OC2CCC3CCC1C2C3. The number of esters is 1. The molecule has 0 aromatic carbocycles. The van der Waals surface area contributed by atoms with E-state index in [-0.39, 0.29) is 11.9 Å². The van der Waals surface area contributed by atoms with Gasteiger partial charge in [0, 0.05) is 5.92 Å². The summed E-state index contributed by atoms with van der Waals surface area (Å²) in [6.45, 7) is 0.